The van der Waals surface area contributed by atoms with Crippen molar-refractivity contribution >= 4 is 29.3 Å². The molecular weight excluding hydrogens is 382 g/mol. The number of anilines is 1. The smallest absolute Gasteiger partial charge is 0.338 e. The predicted octanol–water partition coefficient (Wildman–Crippen LogP) is 3.26. The molecule has 30 heavy (non-hydrogen) atoms. The minimum absolute atomic E-state index is 0.110. The van der Waals surface area contributed by atoms with Crippen LogP contribution in [0.5, 0.6) is 0 Å². The molecule has 1 heterocycles. The van der Waals surface area contributed by atoms with Crippen LogP contribution in [0, 0.1) is 23.7 Å². The van der Waals surface area contributed by atoms with Gasteiger partial charge in [-0.05, 0) is 55.4 Å². The number of nitrogens with zero attached hydrogens (tertiary/aromatic N) is 1. The van der Waals surface area contributed by atoms with Gasteiger partial charge >= 0.3 is 5.97 Å². The van der Waals surface area contributed by atoms with Gasteiger partial charge in [0.25, 0.3) is 0 Å². The third kappa shape index (κ3) is 2.95. The topological polar surface area (TPSA) is 80.8 Å². The molecule has 3 aliphatic rings. The number of benzene rings is 2. The largest absolute Gasteiger partial charge is 0.454 e. The Bertz CT molecular complexity index is 1000. The number of ketones is 1. The number of ether oxygens (including phenoxy) is 1. The fourth-order valence-electron chi connectivity index (χ4n) is 5.33. The van der Waals surface area contributed by atoms with Gasteiger partial charge in [0.1, 0.15) is 0 Å². The Morgan fingerprint density at radius 2 is 1.43 bits per heavy atom. The Morgan fingerprint density at radius 1 is 0.833 bits per heavy atom. The van der Waals surface area contributed by atoms with Crippen LogP contribution >= 0.6 is 0 Å². The van der Waals surface area contributed by atoms with Crippen LogP contribution in [0.25, 0.3) is 0 Å². The van der Waals surface area contributed by atoms with E-state index < -0.39 is 5.97 Å². The van der Waals surface area contributed by atoms with Crippen molar-refractivity contribution in [2.24, 2.45) is 23.7 Å². The number of esters is 1. The lowest BCUT2D eigenvalue weighted by Gasteiger charge is -2.19. The molecule has 0 radical (unpaired) electrons. The van der Waals surface area contributed by atoms with E-state index in [0.717, 1.165) is 19.3 Å². The van der Waals surface area contributed by atoms with Crippen LogP contribution in [0.3, 0.4) is 0 Å². The molecule has 2 saturated carbocycles. The Balaban J connectivity index is 1.26. The lowest BCUT2D eigenvalue weighted by molar-refractivity contribution is -0.123. The van der Waals surface area contributed by atoms with Crippen molar-refractivity contribution in [3.63, 3.8) is 0 Å². The zero-order chi connectivity index (χ0) is 20.8. The number of hydrogen-bond donors (Lipinski definition) is 0. The molecule has 2 bridgehead atoms. The van der Waals surface area contributed by atoms with E-state index in [1.807, 2.05) is 0 Å². The summed E-state index contributed by atoms with van der Waals surface area (Å²) in [6.07, 6.45) is 3.06. The summed E-state index contributed by atoms with van der Waals surface area (Å²) >= 11 is 0. The Labute approximate surface area is 173 Å². The van der Waals surface area contributed by atoms with E-state index in [-0.39, 0.29) is 41.6 Å². The van der Waals surface area contributed by atoms with E-state index in [2.05, 4.69) is 0 Å². The molecule has 0 spiro atoms. The Morgan fingerprint density at radius 3 is 2.03 bits per heavy atom. The van der Waals surface area contributed by atoms with Gasteiger partial charge in [-0.15, -0.1) is 0 Å². The van der Waals surface area contributed by atoms with Crippen molar-refractivity contribution in [1.29, 1.82) is 0 Å². The highest BCUT2D eigenvalue weighted by atomic mass is 16.5. The SMILES string of the molecule is O=C(COC(=O)c1ccc(N2C(=O)[C@@H]3[C@@H]4CC[C@@H](C4)[C@@H]3C2=O)cc1)c1ccccc1. The molecule has 5 rings (SSSR count). The van der Waals surface area contributed by atoms with Crippen LogP contribution in [-0.4, -0.2) is 30.2 Å². The van der Waals surface area contributed by atoms with E-state index in [4.69, 9.17) is 4.74 Å². The molecule has 152 valence electrons. The summed E-state index contributed by atoms with van der Waals surface area (Å²) in [7, 11) is 0. The molecule has 6 heteroatoms. The molecule has 2 aliphatic carbocycles. The number of amides is 2. The molecule has 2 amide bonds. The first-order chi connectivity index (χ1) is 14.5. The number of imide groups is 1. The third-order valence-corrected chi connectivity index (χ3v) is 6.72. The molecule has 2 aromatic rings. The van der Waals surface area contributed by atoms with E-state index in [9.17, 15) is 19.2 Å². The van der Waals surface area contributed by atoms with Gasteiger partial charge in [-0.3, -0.25) is 19.3 Å². The van der Waals surface area contributed by atoms with Gasteiger partial charge in [-0.2, -0.15) is 0 Å². The second kappa shape index (κ2) is 7.20. The number of rotatable bonds is 5. The maximum atomic E-state index is 12.9. The van der Waals surface area contributed by atoms with E-state index in [1.54, 1.807) is 42.5 Å². The minimum atomic E-state index is -0.625. The molecule has 4 atom stereocenters. The van der Waals surface area contributed by atoms with Gasteiger partial charge in [0.15, 0.2) is 12.4 Å². The average molecular weight is 403 g/mol. The molecule has 1 saturated heterocycles. The van der Waals surface area contributed by atoms with Crippen LogP contribution in [-0.2, 0) is 14.3 Å². The van der Waals surface area contributed by atoms with E-state index in [1.165, 1.54) is 17.0 Å². The lowest BCUT2D eigenvalue weighted by Crippen LogP contribution is -2.32. The Hall–Kier alpha value is -3.28. The molecule has 6 nitrogen and oxygen atoms in total. The predicted molar refractivity (Wildman–Crippen MR) is 108 cm³/mol. The summed E-state index contributed by atoms with van der Waals surface area (Å²) in [5.41, 5.74) is 1.22. The van der Waals surface area contributed by atoms with Crippen molar-refractivity contribution in [3.05, 3.63) is 65.7 Å². The third-order valence-electron chi connectivity index (χ3n) is 6.72. The number of Topliss-reactive ketones (excluding diaryl/α,β-unsaturated/α-hetero) is 1. The van der Waals surface area contributed by atoms with E-state index >= 15 is 0 Å². The fourth-order valence-corrected chi connectivity index (χ4v) is 5.33. The first-order valence-electron chi connectivity index (χ1n) is 10.3. The minimum Gasteiger partial charge on any atom is -0.454 e. The quantitative estimate of drug-likeness (QED) is 0.435. The summed E-state index contributed by atoms with van der Waals surface area (Å²) in [6.45, 7) is -0.347. The van der Waals surface area contributed by atoms with Crippen LogP contribution in [0.4, 0.5) is 5.69 Å². The summed E-state index contributed by atoms with van der Waals surface area (Å²) in [4.78, 5) is 51.4. The summed E-state index contributed by atoms with van der Waals surface area (Å²) in [6, 6.07) is 14.8. The zero-order valence-corrected chi connectivity index (χ0v) is 16.3. The molecule has 3 fully saturated rings. The summed E-state index contributed by atoms with van der Waals surface area (Å²) < 4.78 is 5.11. The van der Waals surface area contributed by atoms with Crippen molar-refractivity contribution < 1.29 is 23.9 Å². The van der Waals surface area contributed by atoms with Gasteiger partial charge < -0.3 is 4.74 Å². The molecule has 0 N–H and O–H groups in total. The van der Waals surface area contributed by atoms with Gasteiger partial charge in [0.05, 0.1) is 23.1 Å². The normalized spacial score (nSPS) is 26.7. The Kier molecular flexibility index (Phi) is 4.50. The second-order valence-corrected chi connectivity index (χ2v) is 8.31. The van der Waals surface area contributed by atoms with Gasteiger partial charge in [0, 0.05) is 5.56 Å². The van der Waals surface area contributed by atoms with Gasteiger partial charge in [-0.25, -0.2) is 4.79 Å². The van der Waals surface area contributed by atoms with Crippen LogP contribution in [0.15, 0.2) is 54.6 Å². The zero-order valence-electron chi connectivity index (χ0n) is 16.3. The summed E-state index contributed by atoms with van der Waals surface area (Å²) in [5.74, 6) is -0.817. The highest BCUT2D eigenvalue weighted by Gasteiger charge is 2.61. The first kappa shape index (κ1) is 18.7. The molecule has 1 aliphatic heterocycles. The number of carbonyl (C=O) groups is 4. The van der Waals surface area contributed by atoms with Crippen molar-refractivity contribution in [1.82, 2.24) is 0 Å². The van der Waals surface area contributed by atoms with Crippen molar-refractivity contribution in [2.45, 2.75) is 19.3 Å². The average Bonchev–Trinajstić information content (AvgIpc) is 3.46. The maximum Gasteiger partial charge on any atom is 0.338 e. The molecule has 0 unspecified atom stereocenters. The maximum absolute atomic E-state index is 12.9. The first-order valence-corrected chi connectivity index (χ1v) is 10.3. The highest BCUT2D eigenvalue weighted by Crippen LogP contribution is 2.56. The lowest BCUT2D eigenvalue weighted by atomic mass is 9.81. The van der Waals surface area contributed by atoms with E-state index in [0.29, 0.717) is 23.1 Å². The molecule has 2 aromatic carbocycles. The number of carbonyl (C=O) groups excluding carboxylic acids is 4. The highest BCUT2D eigenvalue weighted by molar-refractivity contribution is 6.22. The van der Waals surface area contributed by atoms with Crippen LogP contribution in [0.2, 0.25) is 0 Å². The molecular formula is C24H21NO5. The van der Waals surface area contributed by atoms with Crippen LogP contribution < -0.4 is 4.90 Å². The standard InChI is InChI=1S/C24H21NO5/c26-19(14-4-2-1-3-5-14)13-30-24(29)15-8-10-18(11-9-15)25-22(27)20-16-6-7-17(12-16)21(20)23(25)28/h1-5,8-11,16-17,20-21H,6-7,12-13H2/t16-,17+,20-,21+. The van der Waals surface area contributed by atoms with Crippen LogP contribution in [0.1, 0.15) is 40.0 Å². The fraction of sp³-hybridized carbons (Fsp3) is 0.333. The number of fused-ring (bicyclic) bond motifs is 5. The summed E-state index contributed by atoms with van der Waals surface area (Å²) in [5, 5.41) is 0. The second-order valence-electron chi connectivity index (χ2n) is 8.31. The van der Waals surface area contributed by atoms with Gasteiger partial charge in [-0.1, -0.05) is 30.3 Å². The monoisotopic (exact) mass is 403 g/mol. The van der Waals surface area contributed by atoms with Crippen molar-refractivity contribution in [2.75, 3.05) is 11.5 Å². The van der Waals surface area contributed by atoms with Crippen molar-refractivity contribution in [3.8, 4) is 0 Å². The van der Waals surface area contributed by atoms with Gasteiger partial charge in [0.2, 0.25) is 11.8 Å². The number of hydrogen-bond acceptors (Lipinski definition) is 5. The molecule has 0 aromatic heterocycles.